The van der Waals surface area contributed by atoms with Crippen molar-refractivity contribution >= 4 is 5.91 Å². The zero-order valence-corrected chi connectivity index (χ0v) is 12.8. The van der Waals surface area contributed by atoms with E-state index >= 15 is 0 Å². The fourth-order valence-electron chi connectivity index (χ4n) is 3.95. The third-order valence-electron chi connectivity index (χ3n) is 5.41. The van der Waals surface area contributed by atoms with Crippen LogP contribution in [0, 0.1) is 17.8 Å². The average Bonchev–Trinajstić information content (AvgIpc) is 2.46. The predicted octanol–water partition coefficient (Wildman–Crippen LogP) is 2.66. The van der Waals surface area contributed by atoms with Crippen molar-refractivity contribution in [2.75, 3.05) is 19.6 Å². The van der Waals surface area contributed by atoms with Gasteiger partial charge in [0.25, 0.3) is 0 Å². The molecule has 3 aliphatic rings. The highest BCUT2D eigenvalue weighted by atomic mass is 16.1. The molecule has 3 fully saturated rings. The van der Waals surface area contributed by atoms with Crippen molar-refractivity contribution in [1.82, 2.24) is 10.2 Å². The van der Waals surface area contributed by atoms with E-state index in [9.17, 15) is 4.79 Å². The Kier molecular flexibility index (Phi) is 5.26. The Labute approximate surface area is 118 Å². The second kappa shape index (κ2) is 6.74. The van der Waals surface area contributed by atoms with E-state index in [1.54, 1.807) is 0 Å². The van der Waals surface area contributed by atoms with Crippen LogP contribution in [0.5, 0.6) is 0 Å². The second-order valence-corrected chi connectivity index (χ2v) is 6.36. The molecule has 3 nitrogen and oxygen atoms in total. The van der Waals surface area contributed by atoms with E-state index in [0.29, 0.717) is 6.04 Å². The fraction of sp³-hybridized carbons (Fsp3) is 0.938. The first-order valence-electron chi connectivity index (χ1n) is 8.21. The van der Waals surface area contributed by atoms with Crippen LogP contribution in [-0.4, -0.2) is 36.5 Å². The first kappa shape index (κ1) is 14.8. The maximum atomic E-state index is 12.0. The summed E-state index contributed by atoms with van der Waals surface area (Å²) < 4.78 is 0. The Bertz CT molecular complexity index is 301. The summed E-state index contributed by atoms with van der Waals surface area (Å²) in [6.45, 7) is 9.88. The van der Waals surface area contributed by atoms with Crippen molar-refractivity contribution in [3.8, 4) is 0 Å². The zero-order valence-electron chi connectivity index (χ0n) is 12.8. The van der Waals surface area contributed by atoms with E-state index in [-0.39, 0.29) is 11.8 Å². The van der Waals surface area contributed by atoms with Crippen LogP contribution < -0.4 is 5.32 Å². The molecule has 3 saturated heterocycles. The van der Waals surface area contributed by atoms with Crippen LogP contribution >= 0.6 is 0 Å². The molecule has 3 rings (SSSR count). The number of carbonyl (C=O) groups is 1. The van der Waals surface area contributed by atoms with Crippen molar-refractivity contribution < 1.29 is 4.79 Å². The first-order valence-corrected chi connectivity index (χ1v) is 8.21. The molecular formula is C16H30N2O. The molecule has 1 N–H and O–H groups in total. The lowest BCUT2D eigenvalue weighted by atomic mass is 9.74. The largest absolute Gasteiger partial charge is 0.354 e. The van der Waals surface area contributed by atoms with E-state index in [1.165, 1.54) is 32.4 Å². The maximum absolute atomic E-state index is 12.0. The van der Waals surface area contributed by atoms with Gasteiger partial charge in [0.2, 0.25) is 5.91 Å². The van der Waals surface area contributed by atoms with Crippen LogP contribution in [0.2, 0.25) is 0 Å². The van der Waals surface area contributed by atoms with Gasteiger partial charge < -0.3 is 5.32 Å². The van der Waals surface area contributed by atoms with Crippen molar-refractivity contribution in [1.29, 1.82) is 0 Å². The zero-order chi connectivity index (χ0) is 13.8. The van der Waals surface area contributed by atoms with Gasteiger partial charge in [0.05, 0.1) is 0 Å². The Morgan fingerprint density at radius 1 is 1.32 bits per heavy atom. The van der Waals surface area contributed by atoms with Gasteiger partial charge in [0.15, 0.2) is 0 Å². The third kappa shape index (κ3) is 3.31. The summed E-state index contributed by atoms with van der Waals surface area (Å²) >= 11 is 0. The lowest BCUT2D eigenvalue weighted by Gasteiger charge is -2.50. The van der Waals surface area contributed by atoms with Crippen LogP contribution in [0.15, 0.2) is 0 Å². The topological polar surface area (TPSA) is 32.3 Å². The SMILES string of the molecule is CCC(CC)C(=O)NCC1CC2CCN1CC2CC. The minimum Gasteiger partial charge on any atom is -0.354 e. The summed E-state index contributed by atoms with van der Waals surface area (Å²) in [6, 6.07) is 0.597. The molecule has 110 valence electrons. The highest BCUT2D eigenvalue weighted by molar-refractivity contribution is 5.78. The van der Waals surface area contributed by atoms with Gasteiger partial charge in [-0.05, 0) is 44.1 Å². The Morgan fingerprint density at radius 3 is 2.58 bits per heavy atom. The number of hydrogen-bond donors (Lipinski definition) is 1. The highest BCUT2D eigenvalue weighted by Gasteiger charge is 2.39. The minimum atomic E-state index is 0.208. The van der Waals surface area contributed by atoms with Gasteiger partial charge in [-0.15, -0.1) is 0 Å². The molecule has 0 saturated carbocycles. The number of hydrogen-bond acceptors (Lipinski definition) is 2. The van der Waals surface area contributed by atoms with E-state index < -0.39 is 0 Å². The second-order valence-electron chi connectivity index (χ2n) is 6.36. The predicted molar refractivity (Wildman–Crippen MR) is 78.9 cm³/mol. The number of fused-ring (bicyclic) bond motifs is 3. The third-order valence-corrected chi connectivity index (χ3v) is 5.41. The van der Waals surface area contributed by atoms with Crippen molar-refractivity contribution in [2.45, 2.75) is 58.9 Å². The molecule has 4 atom stereocenters. The summed E-state index contributed by atoms with van der Waals surface area (Å²) in [6.07, 6.45) is 5.89. The molecule has 19 heavy (non-hydrogen) atoms. The van der Waals surface area contributed by atoms with Crippen molar-refractivity contribution in [3.05, 3.63) is 0 Å². The van der Waals surface area contributed by atoms with E-state index in [2.05, 4.69) is 31.0 Å². The van der Waals surface area contributed by atoms with Crippen molar-refractivity contribution in [3.63, 3.8) is 0 Å². The fourth-order valence-corrected chi connectivity index (χ4v) is 3.95. The van der Waals surface area contributed by atoms with E-state index in [0.717, 1.165) is 31.2 Å². The molecule has 1 amide bonds. The molecule has 0 radical (unpaired) electrons. The minimum absolute atomic E-state index is 0.208. The molecule has 3 heteroatoms. The standard InChI is InChI=1S/C16H30N2O/c1-4-12(5-2)16(19)17-10-15-9-14-7-8-18(15)11-13(14)6-3/h12-15H,4-11H2,1-3H3,(H,17,19). The molecule has 0 spiro atoms. The molecule has 2 bridgehead atoms. The van der Waals surface area contributed by atoms with Gasteiger partial charge in [0.1, 0.15) is 0 Å². The van der Waals surface area contributed by atoms with Gasteiger partial charge in [0, 0.05) is 25.0 Å². The van der Waals surface area contributed by atoms with Gasteiger partial charge in [-0.1, -0.05) is 27.2 Å². The first-order chi connectivity index (χ1) is 9.19. The average molecular weight is 266 g/mol. The van der Waals surface area contributed by atoms with Gasteiger partial charge in [-0.3, -0.25) is 9.69 Å². The highest BCUT2D eigenvalue weighted by Crippen LogP contribution is 2.37. The smallest absolute Gasteiger partial charge is 0.223 e. The Morgan fingerprint density at radius 2 is 2.05 bits per heavy atom. The van der Waals surface area contributed by atoms with Crippen LogP contribution in [0.3, 0.4) is 0 Å². The summed E-state index contributed by atoms with van der Waals surface area (Å²) in [7, 11) is 0. The molecular weight excluding hydrogens is 236 g/mol. The number of carbonyl (C=O) groups excluding carboxylic acids is 1. The number of rotatable bonds is 6. The number of nitrogens with one attached hydrogen (secondary N) is 1. The Balaban J connectivity index is 1.80. The number of amides is 1. The van der Waals surface area contributed by atoms with Crippen LogP contribution in [0.4, 0.5) is 0 Å². The summed E-state index contributed by atoms with van der Waals surface area (Å²) in [5.41, 5.74) is 0. The monoisotopic (exact) mass is 266 g/mol. The van der Waals surface area contributed by atoms with Gasteiger partial charge in [-0.2, -0.15) is 0 Å². The lowest BCUT2D eigenvalue weighted by Crippen LogP contribution is -2.56. The normalized spacial score (nSPS) is 33.7. The van der Waals surface area contributed by atoms with Gasteiger partial charge in [-0.25, -0.2) is 0 Å². The van der Waals surface area contributed by atoms with Crippen LogP contribution in [-0.2, 0) is 4.79 Å². The quantitative estimate of drug-likeness (QED) is 0.801. The van der Waals surface area contributed by atoms with Crippen LogP contribution in [0.1, 0.15) is 52.9 Å². The summed E-state index contributed by atoms with van der Waals surface area (Å²) in [5, 5.41) is 3.19. The van der Waals surface area contributed by atoms with Crippen molar-refractivity contribution in [2.24, 2.45) is 17.8 Å². The lowest BCUT2D eigenvalue weighted by molar-refractivity contribution is -0.125. The molecule has 4 unspecified atom stereocenters. The van der Waals surface area contributed by atoms with Crippen LogP contribution in [0.25, 0.3) is 0 Å². The molecule has 3 heterocycles. The van der Waals surface area contributed by atoms with E-state index in [1.807, 2.05) is 0 Å². The van der Waals surface area contributed by atoms with E-state index in [4.69, 9.17) is 0 Å². The summed E-state index contributed by atoms with van der Waals surface area (Å²) in [4.78, 5) is 14.7. The van der Waals surface area contributed by atoms with Gasteiger partial charge >= 0.3 is 0 Å². The maximum Gasteiger partial charge on any atom is 0.223 e. The molecule has 3 aliphatic heterocycles. The molecule has 0 aliphatic carbocycles. The number of piperidine rings is 3. The summed E-state index contributed by atoms with van der Waals surface area (Å²) in [5.74, 6) is 2.28. The molecule has 0 aromatic carbocycles. The molecule has 0 aromatic rings. The Hall–Kier alpha value is -0.570. The molecule has 0 aromatic heterocycles. The number of nitrogens with zero attached hydrogens (tertiary/aromatic N) is 1.